The lowest BCUT2D eigenvalue weighted by molar-refractivity contribution is 0.0701. The highest BCUT2D eigenvalue weighted by molar-refractivity contribution is 9.10. The van der Waals surface area contributed by atoms with Gasteiger partial charge in [-0.1, -0.05) is 22.0 Å². The Morgan fingerprint density at radius 1 is 1.20 bits per heavy atom. The molecule has 2 aromatic rings. The number of carbonyl (C=O) groups excluding carboxylic acids is 1. The summed E-state index contributed by atoms with van der Waals surface area (Å²) >= 11 is 4.39. The standard InChI is InChI=1S/C14H12BrNO3S/c1-7-3-4-9(15)6-10(7)13(17)16-11-5-8(2)12(20-11)14(18)19/h3-6H,1-2H3,(H,16,17)(H,18,19). The van der Waals surface area contributed by atoms with Crippen LogP contribution in [0.5, 0.6) is 0 Å². The molecule has 0 aliphatic heterocycles. The zero-order chi connectivity index (χ0) is 14.9. The zero-order valence-corrected chi connectivity index (χ0v) is 13.3. The maximum Gasteiger partial charge on any atom is 0.346 e. The molecule has 1 amide bonds. The van der Waals surface area contributed by atoms with Gasteiger partial charge in [-0.25, -0.2) is 4.79 Å². The summed E-state index contributed by atoms with van der Waals surface area (Å²) in [6.07, 6.45) is 0. The Hall–Kier alpha value is -1.66. The van der Waals surface area contributed by atoms with Crippen LogP contribution in [0.3, 0.4) is 0 Å². The number of carboxylic acid groups (broad SMARTS) is 1. The average molecular weight is 354 g/mol. The van der Waals surface area contributed by atoms with Gasteiger partial charge in [0, 0.05) is 10.0 Å². The Morgan fingerprint density at radius 3 is 2.50 bits per heavy atom. The Bertz CT molecular complexity index is 694. The minimum Gasteiger partial charge on any atom is -0.477 e. The number of hydrogen-bond acceptors (Lipinski definition) is 3. The second-order valence-electron chi connectivity index (χ2n) is 4.34. The fourth-order valence-corrected chi connectivity index (χ4v) is 3.04. The Labute approximate surface area is 128 Å². The third-order valence-electron chi connectivity index (χ3n) is 2.79. The van der Waals surface area contributed by atoms with Gasteiger partial charge >= 0.3 is 5.97 Å². The Kier molecular flexibility index (Phi) is 4.25. The molecule has 104 valence electrons. The van der Waals surface area contributed by atoms with E-state index in [2.05, 4.69) is 21.2 Å². The van der Waals surface area contributed by atoms with Crippen LogP contribution in [0.25, 0.3) is 0 Å². The second kappa shape index (κ2) is 5.76. The van der Waals surface area contributed by atoms with Crippen molar-refractivity contribution in [2.45, 2.75) is 13.8 Å². The summed E-state index contributed by atoms with van der Waals surface area (Å²) < 4.78 is 0.821. The predicted octanol–water partition coefficient (Wildman–Crippen LogP) is 4.08. The van der Waals surface area contributed by atoms with Gasteiger partial charge in [0.25, 0.3) is 5.91 Å². The number of thiophene rings is 1. The summed E-state index contributed by atoms with van der Waals surface area (Å²) in [6, 6.07) is 7.12. The number of amides is 1. The van der Waals surface area contributed by atoms with Crippen molar-refractivity contribution in [3.8, 4) is 0 Å². The fourth-order valence-electron chi connectivity index (χ4n) is 1.77. The quantitative estimate of drug-likeness (QED) is 0.873. The molecule has 0 bridgehead atoms. The van der Waals surface area contributed by atoms with E-state index in [1.54, 1.807) is 19.1 Å². The second-order valence-corrected chi connectivity index (χ2v) is 6.31. The molecule has 0 saturated carbocycles. The first-order valence-corrected chi connectivity index (χ1v) is 7.40. The van der Waals surface area contributed by atoms with E-state index in [0.29, 0.717) is 16.1 Å². The fraction of sp³-hybridized carbons (Fsp3) is 0.143. The number of benzene rings is 1. The lowest BCUT2D eigenvalue weighted by Crippen LogP contribution is -2.12. The molecule has 1 heterocycles. The van der Waals surface area contributed by atoms with Gasteiger partial charge in [0.2, 0.25) is 0 Å². The summed E-state index contributed by atoms with van der Waals surface area (Å²) in [6.45, 7) is 3.56. The van der Waals surface area contributed by atoms with E-state index in [1.165, 1.54) is 0 Å². The molecule has 6 heteroatoms. The first kappa shape index (κ1) is 14.7. The third-order valence-corrected chi connectivity index (χ3v) is 4.43. The van der Waals surface area contributed by atoms with Gasteiger partial charge in [-0.15, -0.1) is 11.3 Å². The summed E-state index contributed by atoms with van der Waals surface area (Å²) in [7, 11) is 0. The monoisotopic (exact) mass is 353 g/mol. The molecule has 0 fully saturated rings. The van der Waals surface area contributed by atoms with Gasteiger partial charge in [0.1, 0.15) is 4.88 Å². The lowest BCUT2D eigenvalue weighted by atomic mass is 10.1. The average Bonchev–Trinajstić information content (AvgIpc) is 2.73. The number of nitrogens with one attached hydrogen (secondary N) is 1. The smallest absolute Gasteiger partial charge is 0.346 e. The molecule has 20 heavy (non-hydrogen) atoms. The van der Waals surface area contributed by atoms with Gasteiger partial charge in [0.15, 0.2) is 0 Å². The van der Waals surface area contributed by atoms with E-state index in [4.69, 9.17) is 5.11 Å². The van der Waals surface area contributed by atoms with Crippen molar-refractivity contribution in [3.05, 3.63) is 50.3 Å². The van der Waals surface area contributed by atoms with E-state index < -0.39 is 5.97 Å². The van der Waals surface area contributed by atoms with Gasteiger partial charge in [-0.05, 0) is 43.2 Å². The van der Waals surface area contributed by atoms with E-state index >= 15 is 0 Å². The molecule has 0 aliphatic rings. The van der Waals surface area contributed by atoms with E-state index in [0.717, 1.165) is 21.4 Å². The van der Waals surface area contributed by atoms with Crippen molar-refractivity contribution in [3.63, 3.8) is 0 Å². The van der Waals surface area contributed by atoms with Crippen LogP contribution in [0.2, 0.25) is 0 Å². The molecule has 1 aromatic heterocycles. The number of aryl methyl sites for hydroxylation is 2. The van der Waals surface area contributed by atoms with Gasteiger partial charge < -0.3 is 10.4 Å². The molecular formula is C14H12BrNO3S. The minimum atomic E-state index is -0.980. The molecule has 0 unspecified atom stereocenters. The number of halogens is 1. The number of carbonyl (C=O) groups is 2. The largest absolute Gasteiger partial charge is 0.477 e. The predicted molar refractivity (Wildman–Crippen MR) is 82.8 cm³/mol. The molecular weight excluding hydrogens is 342 g/mol. The summed E-state index contributed by atoms with van der Waals surface area (Å²) in [5, 5.41) is 12.3. The van der Waals surface area contributed by atoms with Crippen molar-refractivity contribution in [1.29, 1.82) is 0 Å². The van der Waals surface area contributed by atoms with Crippen molar-refractivity contribution >= 4 is 44.1 Å². The topological polar surface area (TPSA) is 66.4 Å². The van der Waals surface area contributed by atoms with Crippen LogP contribution >= 0.6 is 27.3 Å². The van der Waals surface area contributed by atoms with Crippen LogP contribution in [0.4, 0.5) is 5.00 Å². The van der Waals surface area contributed by atoms with E-state index in [9.17, 15) is 9.59 Å². The molecule has 2 rings (SSSR count). The highest BCUT2D eigenvalue weighted by Crippen LogP contribution is 2.27. The maximum absolute atomic E-state index is 12.2. The molecule has 0 saturated heterocycles. The van der Waals surface area contributed by atoms with Gasteiger partial charge in [-0.3, -0.25) is 4.79 Å². The summed E-state index contributed by atoms with van der Waals surface area (Å²) in [5.74, 6) is -1.23. The maximum atomic E-state index is 12.2. The summed E-state index contributed by atoms with van der Waals surface area (Å²) in [5.41, 5.74) is 2.06. The van der Waals surface area contributed by atoms with Gasteiger partial charge in [0.05, 0.1) is 5.00 Å². The van der Waals surface area contributed by atoms with E-state index in [1.807, 2.05) is 19.1 Å². The number of hydrogen-bond donors (Lipinski definition) is 2. The summed E-state index contributed by atoms with van der Waals surface area (Å²) in [4.78, 5) is 23.4. The van der Waals surface area contributed by atoms with Crippen molar-refractivity contribution in [2.75, 3.05) is 5.32 Å². The van der Waals surface area contributed by atoms with Crippen molar-refractivity contribution in [2.24, 2.45) is 0 Å². The molecule has 0 aliphatic carbocycles. The number of aromatic carboxylic acids is 1. The Balaban J connectivity index is 2.26. The number of rotatable bonds is 3. The van der Waals surface area contributed by atoms with E-state index in [-0.39, 0.29) is 10.8 Å². The van der Waals surface area contributed by atoms with Crippen LogP contribution in [-0.4, -0.2) is 17.0 Å². The number of carboxylic acids is 1. The number of anilines is 1. The zero-order valence-electron chi connectivity index (χ0n) is 10.9. The highest BCUT2D eigenvalue weighted by Gasteiger charge is 2.15. The van der Waals surface area contributed by atoms with Crippen LogP contribution < -0.4 is 5.32 Å². The molecule has 4 nitrogen and oxygen atoms in total. The first-order valence-electron chi connectivity index (χ1n) is 5.79. The molecule has 1 aromatic carbocycles. The normalized spacial score (nSPS) is 10.3. The molecule has 2 N–H and O–H groups in total. The molecule has 0 atom stereocenters. The Morgan fingerprint density at radius 2 is 1.90 bits per heavy atom. The van der Waals surface area contributed by atoms with Crippen molar-refractivity contribution < 1.29 is 14.7 Å². The first-order chi connectivity index (χ1) is 9.38. The van der Waals surface area contributed by atoms with Crippen LogP contribution in [0.15, 0.2) is 28.7 Å². The van der Waals surface area contributed by atoms with Crippen molar-refractivity contribution in [1.82, 2.24) is 0 Å². The van der Waals surface area contributed by atoms with Crippen LogP contribution in [-0.2, 0) is 0 Å². The lowest BCUT2D eigenvalue weighted by Gasteiger charge is -2.06. The molecule has 0 radical (unpaired) electrons. The minimum absolute atomic E-state index is 0.242. The molecule has 0 spiro atoms. The third kappa shape index (κ3) is 3.08. The van der Waals surface area contributed by atoms with Crippen LogP contribution in [0, 0.1) is 13.8 Å². The van der Waals surface area contributed by atoms with Gasteiger partial charge in [-0.2, -0.15) is 0 Å². The SMILES string of the molecule is Cc1ccc(Br)cc1C(=O)Nc1cc(C)c(C(=O)O)s1. The highest BCUT2D eigenvalue weighted by atomic mass is 79.9. The van der Waals surface area contributed by atoms with Crippen LogP contribution in [0.1, 0.15) is 31.2 Å².